The maximum Gasteiger partial charge on any atom is 0.416 e. The van der Waals surface area contributed by atoms with E-state index in [0.29, 0.717) is 27.4 Å². The Kier molecular flexibility index (Phi) is 4.10. The summed E-state index contributed by atoms with van der Waals surface area (Å²) in [7, 11) is 0. The number of hydrogen-bond donors (Lipinski definition) is 1. The molecule has 0 atom stereocenters. The Bertz CT molecular complexity index is 1210. The molecular formula is C21H14F4N2O. The van der Waals surface area contributed by atoms with E-state index in [4.69, 9.17) is 5.73 Å². The summed E-state index contributed by atoms with van der Waals surface area (Å²) in [6, 6.07) is 14.0. The van der Waals surface area contributed by atoms with Gasteiger partial charge in [0.2, 0.25) is 5.91 Å². The number of nitrogens with zero attached hydrogens (tertiary/aromatic N) is 1. The molecule has 1 heterocycles. The third kappa shape index (κ3) is 2.98. The molecule has 28 heavy (non-hydrogen) atoms. The van der Waals surface area contributed by atoms with Crippen molar-refractivity contribution in [2.75, 3.05) is 0 Å². The number of halogens is 4. The van der Waals surface area contributed by atoms with Crippen molar-refractivity contribution in [3.63, 3.8) is 0 Å². The monoisotopic (exact) mass is 386 g/mol. The molecule has 7 heteroatoms. The third-order valence-corrected chi connectivity index (χ3v) is 4.74. The van der Waals surface area contributed by atoms with Crippen LogP contribution in [0.2, 0.25) is 0 Å². The van der Waals surface area contributed by atoms with E-state index < -0.39 is 23.5 Å². The van der Waals surface area contributed by atoms with Crippen LogP contribution in [0, 0.1) is 5.82 Å². The second-order valence-electron chi connectivity index (χ2n) is 6.51. The highest BCUT2D eigenvalue weighted by atomic mass is 19.4. The number of nitrogens with two attached hydrogens (primary N) is 1. The fraction of sp³-hybridized carbons (Fsp3) is 0.0952. The highest BCUT2D eigenvalue weighted by molar-refractivity contribution is 6.18. The molecule has 0 aliphatic carbocycles. The molecule has 2 N–H and O–H groups in total. The van der Waals surface area contributed by atoms with Crippen LogP contribution in [0.1, 0.15) is 21.5 Å². The minimum atomic E-state index is -4.50. The molecule has 0 saturated carbocycles. The number of fused-ring (bicyclic) bond motifs is 3. The Labute approximate surface area is 157 Å². The minimum absolute atomic E-state index is 0.212. The van der Waals surface area contributed by atoms with Gasteiger partial charge >= 0.3 is 6.18 Å². The van der Waals surface area contributed by atoms with Crippen molar-refractivity contribution in [1.82, 2.24) is 4.57 Å². The molecular weight excluding hydrogens is 372 g/mol. The van der Waals surface area contributed by atoms with E-state index in [2.05, 4.69) is 0 Å². The predicted octanol–water partition coefficient (Wildman–Crippen LogP) is 5.10. The first-order chi connectivity index (χ1) is 13.3. The summed E-state index contributed by atoms with van der Waals surface area (Å²) in [5.41, 5.74) is 6.54. The highest BCUT2D eigenvalue weighted by Crippen LogP contribution is 2.37. The van der Waals surface area contributed by atoms with Crippen molar-refractivity contribution >= 4 is 27.7 Å². The van der Waals surface area contributed by atoms with Gasteiger partial charge in [-0.15, -0.1) is 0 Å². The van der Waals surface area contributed by atoms with Crippen LogP contribution in [0.3, 0.4) is 0 Å². The molecule has 0 spiro atoms. The standard InChI is InChI=1S/C21H14F4N2O/c22-14-7-4-12(5-8-14)11-27-17-3-1-2-16(20(26)28)19(17)15-9-6-13(10-18(15)27)21(23,24)25/h1-10H,11H2,(H2,26,28). The summed E-state index contributed by atoms with van der Waals surface area (Å²) >= 11 is 0. The van der Waals surface area contributed by atoms with Crippen molar-refractivity contribution in [3.8, 4) is 0 Å². The zero-order chi connectivity index (χ0) is 20.1. The van der Waals surface area contributed by atoms with Gasteiger partial charge in [-0.05, 0) is 42.0 Å². The van der Waals surface area contributed by atoms with E-state index >= 15 is 0 Å². The van der Waals surface area contributed by atoms with Gasteiger partial charge in [-0.3, -0.25) is 4.79 Å². The molecule has 3 aromatic carbocycles. The molecule has 0 saturated heterocycles. The molecule has 4 rings (SSSR count). The zero-order valence-corrected chi connectivity index (χ0v) is 14.4. The highest BCUT2D eigenvalue weighted by Gasteiger charge is 2.31. The molecule has 4 aromatic rings. The van der Waals surface area contributed by atoms with Gasteiger partial charge in [0.1, 0.15) is 5.82 Å². The second-order valence-corrected chi connectivity index (χ2v) is 6.51. The minimum Gasteiger partial charge on any atom is -0.366 e. The van der Waals surface area contributed by atoms with E-state index in [1.54, 1.807) is 34.9 Å². The number of primary amides is 1. The third-order valence-electron chi connectivity index (χ3n) is 4.74. The fourth-order valence-corrected chi connectivity index (χ4v) is 3.47. The van der Waals surface area contributed by atoms with Gasteiger partial charge in [0.05, 0.1) is 16.6 Å². The van der Waals surface area contributed by atoms with Gasteiger partial charge in [-0.1, -0.05) is 24.3 Å². The first kappa shape index (κ1) is 18.0. The second kappa shape index (κ2) is 6.37. The number of benzene rings is 3. The average Bonchev–Trinajstić information content (AvgIpc) is 2.96. The number of amides is 1. The van der Waals surface area contributed by atoms with Crippen LogP contribution >= 0.6 is 0 Å². The lowest BCUT2D eigenvalue weighted by molar-refractivity contribution is -0.137. The SMILES string of the molecule is NC(=O)c1cccc2c1c1ccc(C(F)(F)F)cc1n2Cc1ccc(F)cc1. The molecule has 0 bridgehead atoms. The van der Waals surface area contributed by atoms with Crippen molar-refractivity contribution in [2.24, 2.45) is 5.73 Å². The Morgan fingerprint density at radius 3 is 2.32 bits per heavy atom. The molecule has 0 aliphatic rings. The predicted molar refractivity (Wildman–Crippen MR) is 98.5 cm³/mol. The Hall–Kier alpha value is -3.35. The van der Waals surface area contributed by atoms with Crippen LogP contribution in [0.15, 0.2) is 60.7 Å². The average molecular weight is 386 g/mol. The molecule has 142 valence electrons. The van der Waals surface area contributed by atoms with Gasteiger partial charge in [0.15, 0.2) is 0 Å². The summed E-state index contributed by atoms with van der Waals surface area (Å²) in [4.78, 5) is 11.9. The Balaban J connectivity index is 2.04. The van der Waals surface area contributed by atoms with Gasteiger partial charge < -0.3 is 10.3 Å². The molecule has 1 amide bonds. The van der Waals surface area contributed by atoms with Crippen molar-refractivity contribution in [1.29, 1.82) is 0 Å². The summed E-state index contributed by atoms with van der Waals surface area (Å²) < 4.78 is 54.7. The first-order valence-electron chi connectivity index (χ1n) is 8.42. The van der Waals surface area contributed by atoms with E-state index in [9.17, 15) is 22.4 Å². The zero-order valence-electron chi connectivity index (χ0n) is 14.4. The van der Waals surface area contributed by atoms with Crippen LogP contribution in [0.5, 0.6) is 0 Å². The molecule has 3 nitrogen and oxygen atoms in total. The maximum absolute atomic E-state index is 13.3. The lowest BCUT2D eigenvalue weighted by Gasteiger charge is -2.10. The molecule has 1 aromatic heterocycles. The van der Waals surface area contributed by atoms with Crippen LogP contribution in [-0.4, -0.2) is 10.5 Å². The quantitative estimate of drug-likeness (QED) is 0.490. The van der Waals surface area contributed by atoms with Crippen LogP contribution < -0.4 is 5.73 Å². The summed E-state index contributed by atoms with van der Waals surface area (Å²) in [5.74, 6) is -1.06. The number of aromatic nitrogens is 1. The first-order valence-corrected chi connectivity index (χ1v) is 8.42. The number of alkyl halides is 3. The van der Waals surface area contributed by atoms with E-state index in [0.717, 1.165) is 12.1 Å². The summed E-state index contributed by atoms with van der Waals surface area (Å²) in [6.07, 6.45) is -4.50. The van der Waals surface area contributed by atoms with Gasteiger partial charge in [-0.2, -0.15) is 13.2 Å². The molecule has 0 radical (unpaired) electrons. The van der Waals surface area contributed by atoms with Crippen LogP contribution in [0.4, 0.5) is 17.6 Å². The molecule has 0 unspecified atom stereocenters. The molecule has 0 aliphatic heterocycles. The lowest BCUT2D eigenvalue weighted by Crippen LogP contribution is -2.11. The van der Waals surface area contributed by atoms with Gasteiger partial charge in [-0.25, -0.2) is 4.39 Å². The number of carbonyl (C=O) groups is 1. The largest absolute Gasteiger partial charge is 0.416 e. The van der Waals surface area contributed by atoms with E-state index in [-0.39, 0.29) is 12.1 Å². The van der Waals surface area contributed by atoms with Crippen molar-refractivity contribution in [3.05, 3.63) is 83.2 Å². The van der Waals surface area contributed by atoms with Crippen molar-refractivity contribution < 1.29 is 22.4 Å². The van der Waals surface area contributed by atoms with Gasteiger partial charge in [0, 0.05) is 22.9 Å². The lowest BCUT2D eigenvalue weighted by atomic mass is 10.0. The Morgan fingerprint density at radius 1 is 0.964 bits per heavy atom. The number of hydrogen-bond acceptors (Lipinski definition) is 1. The van der Waals surface area contributed by atoms with E-state index in [1.807, 2.05) is 0 Å². The smallest absolute Gasteiger partial charge is 0.366 e. The van der Waals surface area contributed by atoms with Gasteiger partial charge in [0.25, 0.3) is 0 Å². The topological polar surface area (TPSA) is 48.0 Å². The number of carbonyl (C=O) groups excluding carboxylic acids is 1. The summed E-state index contributed by atoms with van der Waals surface area (Å²) in [6.45, 7) is 0.212. The molecule has 0 fully saturated rings. The van der Waals surface area contributed by atoms with E-state index in [1.165, 1.54) is 18.2 Å². The van der Waals surface area contributed by atoms with Crippen LogP contribution in [0.25, 0.3) is 21.8 Å². The normalized spacial score (nSPS) is 12.0. The maximum atomic E-state index is 13.3. The Morgan fingerprint density at radius 2 is 1.68 bits per heavy atom. The van der Waals surface area contributed by atoms with Crippen LogP contribution in [-0.2, 0) is 12.7 Å². The summed E-state index contributed by atoms with van der Waals surface area (Å²) in [5, 5.41) is 1.00. The number of rotatable bonds is 3. The van der Waals surface area contributed by atoms with Crippen molar-refractivity contribution in [2.45, 2.75) is 12.7 Å². The fourth-order valence-electron chi connectivity index (χ4n) is 3.47.